The molecule has 0 saturated heterocycles. The zero-order chi connectivity index (χ0) is 24.7. The van der Waals surface area contributed by atoms with Gasteiger partial charge in [-0.3, -0.25) is 14.4 Å². The number of rotatable bonds is 8. The summed E-state index contributed by atoms with van der Waals surface area (Å²) in [7, 11) is 0. The van der Waals surface area contributed by atoms with Crippen LogP contribution in [0.1, 0.15) is 24.8 Å². The number of hydrogen-bond acceptors (Lipinski definition) is 4. The van der Waals surface area contributed by atoms with Crippen LogP contribution in [0.3, 0.4) is 0 Å². The van der Waals surface area contributed by atoms with E-state index in [9.17, 15) is 27.6 Å². The van der Waals surface area contributed by atoms with Gasteiger partial charge in [-0.25, -0.2) is 0 Å². The van der Waals surface area contributed by atoms with E-state index in [4.69, 9.17) is 16.3 Å². The van der Waals surface area contributed by atoms with E-state index in [1.54, 1.807) is 6.07 Å². The third kappa shape index (κ3) is 6.95. The molecule has 2 amide bonds. The number of ether oxygens (including phenoxy) is 1. The Hall–Kier alpha value is -3.59. The van der Waals surface area contributed by atoms with Crippen LogP contribution in [0.25, 0.3) is 10.8 Å². The van der Waals surface area contributed by atoms with Gasteiger partial charge in [0.15, 0.2) is 6.61 Å². The maximum Gasteiger partial charge on any atom is 0.416 e. The molecule has 10 heteroatoms. The van der Waals surface area contributed by atoms with Gasteiger partial charge < -0.3 is 15.4 Å². The molecule has 0 saturated carbocycles. The van der Waals surface area contributed by atoms with Crippen LogP contribution in [0.4, 0.5) is 24.5 Å². The van der Waals surface area contributed by atoms with Crippen molar-refractivity contribution in [3.8, 4) is 0 Å². The standard InChI is InChI=1S/C24H20ClF3N2O4/c25-18-12-11-16(24(26,27)28)13-20(18)30-22(32)14-34-23(33)10-4-9-21(31)29-19-8-3-6-15-5-1-2-7-17(15)19/h1-3,5-8,11-13H,4,9-10,14H2,(H,29,31)(H,30,32). The number of hydrogen-bond donors (Lipinski definition) is 2. The number of alkyl halides is 3. The molecule has 178 valence electrons. The maximum absolute atomic E-state index is 12.8. The van der Waals surface area contributed by atoms with E-state index in [0.717, 1.165) is 22.9 Å². The predicted octanol–water partition coefficient (Wildman–Crippen LogP) is 5.80. The zero-order valence-electron chi connectivity index (χ0n) is 17.7. The summed E-state index contributed by atoms with van der Waals surface area (Å²) in [6.07, 6.45) is -4.46. The van der Waals surface area contributed by atoms with Crippen molar-refractivity contribution in [2.75, 3.05) is 17.2 Å². The van der Waals surface area contributed by atoms with E-state index in [1.807, 2.05) is 36.4 Å². The van der Waals surface area contributed by atoms with E-state index >= 15 is 0 Å². The minimum atomic E-state index is -4.60. The molecular formula is C24H20ClF3N2O4. The highest BCUT2D eigenvalue weighted by atomic mass is 35.5. The van der Waals surface area contributed by atoms with Gasteiger partial charge in [0.25, 0.3) is 5.91 Å². The zero-order valence-corrected chi connectivity index (χ0v) is 18.5. The minimum Gasteiger partial charge on any atom is -0.456 e. The third-order valence-electron chi connectivity index (χ3n) is 4.78. The highest BCUT2D eigenvalue weighted by Gasteiger charge is 2.31. The number of nitrogens with one attached hydrogen (secondary N) is 2. The fraction of sp³-hybridized carbons (Fsp3) is 0.208. The van der Waals surface area contributed by atoms with Gasteiger partial charge in [0, 0.05) is 23.9 Å². The van der Waals surface area contributed by atoms with Crippen LogP contribution >= 0.6 is 11.6 Å². The van der Waals surface area contributed by atoms with Crippen molar-refractivity contribution < 1.29 is 32.3 Å². The summed E-state index contributed by atoms with van der Waals surface area (Å²) in [5.41, 5.74) is -0.566. The van der Waals surface area contributed by atoms with Crippen molar-refractivity contribution in [1.82, 2.24) is 0 Å². The monoisotopic (exact) mass is 492 g/mol. The number of amides is 2. The summed E-state index contributed by atoms with van der Waals surface area (Å²) in [5, 5.41) is 6.77. The summed E-state index contributed by atoms with van der Waals surface area (Å²) in [6.45, 7) is -0.701. The largest absolute Gasteiger partial charge is 0.456 e. The molecule has 3 aromatic carbocycles. The lowest BCUT2D eigenvalue weighted by atomic mass is 10.1. The molecule has 2 N–H and O–H groups in total. The predicted molar refractivity (Wildman–Crippen MR) is 122 cm³/mol. The molecule has 0 aliphatic carbocycles. The highest BCUT2D eigenvalue weighted by Crippen LogP contribution is 2.33. The minimum absolute atomic E-state index is 0.0599. The summed E-state index contributed by atoms with van der Waals surface area (Å²) in [6, 6.07) is 15.6. The Morgan fingerprint density at radius 1 is 0.853 bits per heavy atom. The van der Waals surface area contributed by atoms with Crippen LogP contribution in [0.5, 0.6) is 0 Å². The first-order valence-electron chi connectivity index (χ1n) is 10.2. The molecule has 0 atom stereocenters. The number of halogens is 4. The number of carbonyl (C=O) groups is 3. The summed E-state index contributed by atoms with van der Waals surface area (Å²) in [4.78, 5) is 36.0. The Bertz CT molecular complexity index is 1210. The molecule has 3 aromatic rings. The van der Waals surface area contributed by atoms with Gasteiger partial charge in [-0.2, -0.15) is 13.2 Å². The Kier molecular flexibility index (Phi) is 8.12. The molecule has 6 nitrogen and oxygen atoms in total. The second-order valence-corrected chi connectivity index (χ2v) is 7.74. The van der Waals surface area contributed by atoms with E-state index in [-0.39, 0.29) is 35.9 Å². The van der Waals surface area contributed by atoms with Crippen LogP contribution < -0.4 is 10.6 Å². The Labute approximate surface area is 198 Å². The SMILES string of the molecule is O=C(COC(=O)CCCC(=O)Nc1cccc2ccccc12)Nc1cc(C(F)(F)F)ccc1Cl. The lowest BCUT2D eigenvalue weighted by Crippen LogP contribution is -2.21. The van der Waals surface area contributed by atoms with Crippen molar-refractivity contribution in [3.63, 3.8) is 0 Å². The quantitative estimate of drug-likeness (QED) is 0.389. The number of anilines is 2. The van der Waals surface area contributed by atoms with Crippen LogP contribution in [-0.2, 0) is 25.3 Å². The van der Waals surface area contributed by atoms with E-state index in [1.165, 1.54) is 0 Å². The number of esters is 1. The average molecular weight is 493 g/mol. The second-order valence-electron chi connectivity index (χ2n) is 7.33. The summed E-state index contributed by atoms with van der Waals surface area (Å²) < 4.78 is 43.2. The number of benzene rings is 3. The molecule has 0 aliphatic rings. The van der Waals surface area contributed by atoms with Crippen molar-refractivity contribution in [2.45, 2.75) is 25.4 Å². The first-order valence-corrected chi connectivity index (χ1v) is 10.6. The summed E-state index contributed by atoms with van der Waals surface area (Å²) in [5.74, 6) is -1.84. The Balaban J connectivity index is 1.41. The molecule has 0 aromatic heterocycles. The highest BCUT2D eigenvalue weighted by molar-refractivity contribution is 6.33. The van der Waals surface area contributed by atoms with E-state index in [0.29, 0.717) is 11.8 Å². The van der Waals surface area contributed by atoms with Gasteiger partial charge >= 0.3 is 12.1 Å². The van der Waals surface area contributed by atoms with Gasteiger partial charge in [-0.05, 0) is 36.1 Å². The van der Waals surface area contributed by atoms with Gasteiger partial charge in [0.05, 0.1) is 16.3 Å². The molecule has 0 aliphatic heterocycles. The molecule has 3 rings (SSSR count). The first-order chi connectivity index (χ1) is 16.1. The van der Waals surface area contributed by atoms with Gasteiger partial charge in [0.2, 0.25) is 5.91 Å². The first kappa shape index (κ1) is 25.0. The molecular weight excluding hydrogens is 473 g/mol. The average Bonchev–Trinajstić information content (AvgIpc) is 2.78. The normalized spacial score (nSPS) is 11.2. The fourth-order valence-electron chi connectivity index (χ4n) is 3.14. The van der Waals surface area contributed by atoms with Gasteiger partial charge in [0.1, 0.15) is 0 Å². The van der Waals surface area contributed by atoms with Gasteiger partial charge in [-0.1, -0.05) is 48.0 Å². The molecule has 0 spiro atoms. The summed E-state index contributed by atoms with van der Waals surface area (Å²) >= 11 is 5.81. The second kappa shape index (κ2) is 11.0. The molecule has 0 fully saturated rings. The van der Waals surface area contributed by atoms with Gasteiger partial charge in [-0.15, -0.1) is 0 Å². The van der Waals surface area contributed by atoms with Crippen LogP contribution in [0, 0.1) is 0 Å². The fourth-order valence-corrected chi connectivity index (χ4v) is 3.31. The van der Waals surface area contributed by atoms with Crippen LogP contribution in [-0.4, -0.2) is 24.4 Å². The molecule has 0 radical (unpaired) electrons. The smallest absolute Gasteiger partial charge is 0.416 e. The topological polar surface area (TPSA) is 84.5 Å². The third-order valence-corrected chi connectivity index (χ3v) is 5.11. The van der Waals surface area contributed by atoms with Crippen molar-refractivity contribution in [1.29, 1.82) is 0 Å². The van der Waals surface area contributed by atoms with E-state index < -0.39 is 30.2 Å². The number of fused-ring (bicyclic) bond motifs is 1. The van der Waals surface area contributed by atoms with Crippen molar-refractivity contribution in [2.24, 2.45) is 0 Å². The van der Waals surface area contributed by atoms with E-state index in [2.05, 4.69) is 10.6 Å². The van der Waals surface area contributed by atoms with Crippen molar-refractivity contribution in [3.05, 3.63) is 71.2 Å². The molecule has 0 bridgehead atoms. The number of carbonyl (C=O) groups excluding carboxylic acids is 3. The molecule has 34 heavy (non-hydrogen) atoms. The lowest BCUT2D eigenvalue weighted by Gasteiger charge is -2.12. The molecule has 0 unspecified atom stereocenters. The Morgan fingerprint density at radius 3 is 2.32 bits per heavy atom. The Morgan fingerprint density at radius 2 is 1.56 bits per heavy atom. The van der Waals surface area contributed by atoms with Crippen molar-refractivity contribution >= 4 is 51.5 Å². The van der Waals surface area contributed by atoms with Crippen LogP contribution in [0.2, 0.25) is 5.02 Å². The molecule has 0 heterocycles. The maximum atomic E-state index is 12.8. The van der Waals surface area contributed by atoms with Crippen LogP contribution in [0.15, 0.2) is 60.7 Å². The lowest BCUT2D eigenvalue weighted by molar-refractivity contribution is -0.147.